The van der Waals surface area contributed by atoms with Crippen LogP contribution in [0, 0.1) is 18.7 Å². The van der Waals surface area contributed by atoms with Crippen LogP contribution in [0.1, 0.15) is 18.7 Å². The molecule has 0 saturated carbocycles. The van der Waals surface area contributed by atoms with Crippen LogP contribution in [0.2, 0.25) is 0 Å². The largest absolute Gasteiger partial charge is 0.497 e. The first-order chi connectivity index (χ1) is 15.0. The van der Waals surface area contributed by atoms with Gasteiger partial charge in [-0.15, -0.1) is 5.10 Å². The van der Waals surface area contributed by atoms with Crippen LogP contribution in [0.3, 0.4) is 0 Å². The minimum Gasteiger partial charge on any atom is -0.497 e. The molecule has 1 fully saturated rings. The number of hydrogen-bond donors (Lipinski definition) is 2. The van der Waals surface area contributed by atoms with E-state index in [1.54, 1.807) is 24.8 Å². The summed E-state index contributed by atoms with van der Waals surface area (Å²) in [6.45, 7) is 4.57. The van der Waals surface area contributed by atoms with Crippen LogP contribution in [0.25, 0.3) is 5.69 Å². The normalized spacial score (nSPS) is 16.8. The number of hydrogen-bond acceptors (Lipinski definition) is 9. The fraction of sp³-hybridized carbons (Fsp3) is 0.450. The maximum absolute atomic E-state index is 14.3. The van der Waals surface area contributed by atoms with E-state index in [1.807, 2.05) is 12.1 Å². The Balaban J connectivity index is 1.51. The maximum Gasteiger partial charge on any atom is 0.229 e. The Kier molecular flexibility index (Phi) is 6.21. The van der Waals surface area contributed by atoms with Crippen LogP contribution in [0.15, 0.2) is 24.4 Å². The molecule has 0 radical (unpaired) electrons. The van der Waals surface area contributed by atoms with Crippen LogP contribution >= 0.6 is 0 Å². The number of methoxy groups -OCH3 is 1. The minimum atomic E-state index is -0.481. The fourth-order valence-corrected chi connectivity index (χ4v) is 3.73. The lowest BCUT2D eigenvalue weighted by Gasteiger charge is -2.29. The number of likely N-dealkylation sites (tertiary alicyclic amines) is 1. The number of halogens is 1. The van der Waals surface area contributed by atoms with E-state index in [0.717, 1.165) is 32.1 Å². The van der Waals surface area contributed by atoms with Crippen LogP contribution in [0.5, 0.6) is 5.75 Å². The van der Waals surface area contributed by atoms with Crippen molar-refractivity contribution in [1.82, 2.24) is 35.1 Å². The van der Waals surface area contributed by atoms with Gasteiger partial charge >= 0.3 is 0 Å². The summed E-state index contributed by atoms with van der Waals surface area (Å²) in [4.78, 5) is 10.7. The zero-order valence-electron chi connectivity index (χ0n) is 17.8. The summed E-state index contributed by atoms with van der Waals surface area (Å²) in [7, 11) is 3.69. The molecule has 0 unspecified atom stereocenters. The molecule has 0 bridgehead atoms. The van der Waals surface area contributed by atoms with E-state index in [-0.39, 0.29) is 11.8 Å². The predicted molar refractivity (Wildman–Crippen MR) is 114 cm³/mol. The van der Waals surface area contributed by atoms with Gasteiger partial charge in [0, 0.05) is 30.9 Å². The average Bonchev–Trinajstić information content (AvgIpc) is 3.20. The summed E-state index contributed by atoms with van der Waals surface area (Å²) in [5, 5.41) is 17.8. The summed E-state index contributed by atoms with van der Waals surface area (Å²) in [5.41, 5.74) is 1.38. The second kappa shape index (κ2) is 9.21. The molecule has 3 heterocycles. The lowest BCUT2D eigenvalue weighted by atomic mass is 9.98. The van der Waals surface area contributed by atoms with Crippen molar-refractivity contribution in [2.24, 2.45) is 5.92 Å². The van der Waals surface area contributed by atoms with Crippen molar-refractivity contribution in [3.8, 4) is 11.4 Å². The SMILES string of the molecule is COc1cc(Nc2ncc(F)c(NC[C@H]3CCCN(C)C3)n2)cc(-n2nnnc2C)c1. The van der Waals surface area contributed by atoms with Crippen molar-refractivity contribution in [2.75, 3.05) is 44.4 Å². The van der Waals surface area contributed by atoms with Crippen LogP contribution in [0.4, 0.5) is 21.8 Å². The summed E-state index contributed by atoms with van der Waals surface area (Å²) in [6, 6.07) is 5.44. The molecule has 1 saturated heterocycles. The van der Waals surface area contributed by atoms with Gasteiger partial charge in [0.15, 0.2) is 17.5 Å². The van der Waals surface area contributed by atoms with Gasteiger partial charge in [0.05, 0.1) is 19.0 Å². The first-order valence-electron chi connectivity index (χ1n) is 10.2. The number of nitrogens with zero attached hydrogens (tertiary/aromatic N) is 7. The number of ether oxygens (including phenoxy) is 1. The van der Waals surface area contributed by atoms with Crippen molar-refractivity contribution < 1.29 is 9.13 Å². The summed E-state index contributed by atoms with van der Waals surface area (Å²) in [6.07, 6.45) is 3.44. The van der Waals surface area contributed by atoms with E-state index in [9.17, 15) is 4.39 Å². The Labute approximate surface area is 179 Å². The Hall–Kier alpha value is -3.34. The Morgan fingerprint density at radius 1 is 1.29 bits per heavy atom. The van der Waals surface area contributed by atoms with E-state index in [4.69, 9.17) is 4.74 Å². The number of piperidine rings is 1. The van der Waals surface area contributed by atoms with Gasteiger partial charge in [-0.05, 0) is 55.8 Å². The Morgan fingerprint density at radius 2 is 2.16 bits per heavy atom. The highest BCUT2D eigenvalue weighted by Gasteiger charge is 2.18. The van der Waals surface area contributed by atoms with E-state index in [2.05, 4.69) is 48.1 Å². The molecule has 3 aromatic rings. The van der Waals surface area contributed by atoms with Crippen molar-refractivity contribution >= 4 is 17.5 Å². The summed E-state index contributed by atoms with van der Waals surface area (Å²) < 4.78 is 21.3. The van der Waals surface area contributed by atoms with Crippen molar-refractivity contribution in [2.45, 2.75) is 19.8 Å². The number of rotatable bonds is 7. The van der Waals surface area contributed by atoms with Crippen LogP contribution in [-0.2, 0) is 0 Å². The second-order valence-corrected chi connectivity index (χ2v) is 7.72. The van der Waals surface area contributed by atoms with Gasteiger partial charge in [0.1, 0.15) is 5.75 Å². The quantitative estimate of drug-likeness (QED) is 0.588. The predicted octanol–water partition coefficient (Wildman–Crippen LogP) is 2.41. The lowest BCUT2D eigenvalue weighted by molar-refractivity contribution is 0.217. The van der Waals surface area contributed by atoms with Gasteiger partial charge in [-0.2, -0.15) is 9.67 Å². The molecule has 0 amide bonds. The van der Waals surface area contributed by atoms with Gasteiger partial charge in [0.25, 0.3) is 0 Å². The van der Waals surface area contributed by atoms with Gasteiger partial charge in [-0.3, -0.25) is 0 Å². The third-order valence-electron chi connectivity index (χ3n) is 5.28. The fourth-order valence-electron chi connectivity index (χ4n) is 3.73. The zero-order chi connectivity index (χ0) is 21.8. The zero-order valence-corrected chi connectivity index (χ0v) is 17.8. The topological polar surface area (TPSA) is 106 Å². The molecule has 0 spiro atoms. The highest BCUT2D eigenvalue weighted by Crippen LogP contribution is 2.26. The molecule has 0 aliphatic carbocycles. The average molecular weight is 427 g/mol. The molecular formula is C20H26FN9O. The Bertz CT molecular complexity index is 1040. The molecule has 1 aliphatic heterocycles. The van der Waals surface area contributed by atoms with E-state index in [0.29, 0.717) is 35.4 Å². The standard InChI is InChI=1S/C20H26FN9O/c1-13-26-27-28-30(13)16-7-15(8-17(9-16)31-3)24-20-23-11-18(21)19(25-20)22-10-14-5-4-6-29(2)12-14/h7-9,11,14H,4-6,10,12H2,1-3H3,(H2,22,23,24,25)/t14-/m1/s1. The molecule has 164 valence electrons. The second-order valence-electron chi connectivity index (χ2n) is 7.72. The number of benzene rings is 1. The highest BCUT2D eigenvalue weighted by molar-refractivity contribution is 5.61. The van der Waals surface area contributed by atoms with Gasteiger partial charge < -0.3 is 20.3 Å². The number of tetrazole rings is 1. The molecule has 11 heteroatoms. The van der Waals surface area contributed by atoms with E-state index >= 15 is 0 Å². The summed E-state index contributed by atoms with van der Waals surface area (Å²) in [5.74, 6) is 1.69. The smallest absolute Gasteiger partial charge is 0.229 e. The van der Waals surface area contributed by atoms with Gasteiger partial charge in [0.2, 0.25) is 5.95 Å². The maximum atomic E-state index is 14.3. The van der Waals surface area contributed by atoms with Crippen molar-refractivity contribution in [1.29, 1.82) is 0 Å². The van der Waals surface area contributed by atoms with E-state index < -0.39 is 5.82 Å². The highest BCUT2D eigenvalue weighted by atomic mass is 19.1. The van der Waals surface area contributed by atoms with Crippen LogP contribution in [-0.4, -0.2) is 68.9 Å². The molecule has 2 aromatic heterocycles. The van der Waals surface area contributed by atoms with Crippen molar-refractivity contribution in [3.63, 3.8) is 0 Å². The van der Waals surface area contributed by atoms with Crippen LogP contribution < -0.4 is 15.4 Å². The Morgan fingerprint density at radius 3 is 2.90 bits per heavy atom. The molecule has 1 atom stereocenters. The summed E-state index contributed by atoms with van der Waals surface area (Å²) >= 11 is 0. The third kappa shape index (κ3) is 5.05. The molecule has 10 nitrogen and oxygen atoms in total. The number of anilines is 3. The first-order valence-corrected chi connectivity index (χ1v) is 10.2. The molecular weight excluding hydrogens is 401 g/mol. The van der Waals surface area contributed by atoms with Crippen molar-refractivity contribution in [3.05, 3.63) is 36.0 Å². The molecule has 31 heavy (non-hydrogen) atoms. The third-order valence-corrected chi connectivity index (χ3v) is 5.28. The minimum absolute atomic E-state index is 0.185. The van der Waals surface area contributed by atoms with Gasteiger partial charge in [-0.25, -0.2) is 9.37 Å². The lowest BCUT2D eigenvalue weighted by Crippen LogP contribution is -2.35. The molecule has 1 aliphatic rings. The number of aryl methyl sites for hydroxylation is 1. The van der Waals surface area contributed by atoms with E-state index in [1.165, 1.54) is 0 Å². The molecule has 1 aromatic carbocycles. The number of aromatic nitrogens is 6. The molecule has 4 rings (SSSR count). The first kappa shape index (κ1) is 20.9. The van der Waals surface area contributed by atoms with Gasteiger partial charge in [-0.1, -0.05) is 0 Å². The monoisotopic (exact) mass is 427 g/mol. The number of nitrogens with one attached hydrogen (secondary N) is 2. The molecule has 2 N–H and O–H groups in total.